The highest BCUT2D eigenvalue weighted by atomic mass is 35.5. The molecule has 0 amide bonds. The van der Waals surface area contributed by atoms with Crippen molar-refractivity contribution in [2.75, 3.05) is 0 Å². The van der Waals surface area contributed by atoms with Gasteiger partial charge in [-0.15, -0.1) is 0 Å². The zero-order chi connectivity index (χ0) is 11.8. The molecule has 0 N–H and O–H groups in total. The van der Waals surface area contributed by atoms with Gasteiger partial charge in [-0.3, -0.25) is 4.57 Å². The zero-order valence-corrected chi connectivity index (χ0v) is 9.89. The van der Waals surface area contributed by atoms with Gasteiger partial charge in [-0.1, -0.05) is 23.7 Å². The van der Waals surface area contributed by atoms with Crippen LogP contribution in [0.15, 0.2) is 36.7 Å². The molecule has 0 spiro atoms. The summed E-state index contributed by atoms with van der Waals surface area (Å²) in [7, 11) is 0. The van der Waals surface area contributed by atoms with E-state index in [0.717, 1.165) is 22.7 Å². The van der Waals surface area contributed by atoms with Gasteiger partial charge in [0.15, 0.2) is 0 Å². The molecule has 1 aromatic carbocycles. The standard InChI is InChI=1S/C12H9ClN4/c1-8-16-9-4-2-3-5-10(9)17(8)12-6-11(13)14-7-15-12/h2-7H,1H3. The fraction of sp³-hybridized carbons (Fsp3) is 0.0833. The molecule has 3 aromatic rings. The Morgan fingerprint density at radius 1 is 1.18 bits per heavy atom. The summed E-state index contributed by atoms with van der Waals surface area (Å²) in [5.74, 6) is 1.61. The van der Waals surface area contributed by atoms with E-state index in [1.807, 2.05) is 35.8 Å². The van der Waals surface area contributed by atoms with Crippen LogP contribution in [0, 0.1) is 6.92 Å². The molecule has 0 unspecified atom stereocenters. The predicted molar refractivity (Wildman–Crippen MR) is 66.4 cm³/mol. The van der Waals surface area contributed by atoms with E-state index in [0.29, 0.717) is 5.15 Å². The summed E-state index contributed by atoms with van der Waals surface area (Å²) in [4.78, 5) is 12.6. The van der Waals surface area contributed by atoms with Gasteiger partial charge in [0.2, 0.25) is 0 Å². The van der Waals surface area contributed by atoms with E-state index in [4.69, 9.17) is 11.6 Å². The monoisotopic (exact) mass is 244 g/mol. The molecule has 5 heteroatoms. The first-order chi connectivity index (χ1) is 8.25. The number of hydrogen-bond donors (Lipinski definition) is 0. The number of para-hydroxylation sites is 2. The van der Waals surface area contributed by atoms with E-state index in [1.54, 1.807) is 6.07 Å². The Kier molecular flexibility index (Phi) is 2.30. The minimum Gasteiger partial charge on any atom is -0.280 e. The summed E-state index contributed by atoms with van der Waals surface area (Å²) in [6, 6.07) is 9.64. The second-order valence-corrected chi connectivity index (χ2v) is 4.07. The highest BCUT2D eigenvalue weighted by Gasteiger charge is 2.09. The van der Waals surface area contributed by atoms with Gasteiger partial charge < -0.3 is 0 Å². The maximum absolute atomic E-state index is 5.88. The number of imidazole rings is 1. The summed E-state index contributed by atoms with van der Waals surface area (Å²) in [5.41, 5.74) is 1.96. The lowest BCUT2D eigenvalue weighted by Crippen LogP contribution is -2.00. The van der Waals surface area contributed by atoms with Gasteiger partial charge in [-0.2, -0.15) is 0 Å². The Balaban J connectivity index is 2.33. The number of nitrogens with zero attached hydrogens (tertiary/aromatic N) is 4. The molecule has 0 aliphatic rings. The lowest BCUT2D eigenvalue weighted by atomic mass is 10.3. The number of halogens is 1. The number of aryl methyl sites for hydroxylation is 1. The molecule has 4 nitrogen and oxygen atoms in total. The van der Waals surface area contributed by atoms with Crippen LogP contribution in [0.5, 0.6) is 0 Å². The predicted octanol–water partition coefficient (Wildman–Crippen LogP) is 2.78. The first-order valence-electron chi connectivity index (χ1n) is 5.18. The normalized spacial score (nSPS) is 10.9. The van der Waals surface area contributed by atoms with Crippen LogP contribution in [0.25, 0.3) is 16.9 Å². The summed E-state index contributed by atoms with van der Waals surface area (Å²) < 4.78 is 1.96. The Morgan fingerprint density at radius 3 is 2.82 bits per heavy atom. The Labute approximate surface area is 103 Å². The van der Waals surface area contributed by atoms with E-state index >= 15 is 0 Å². The number of aromatic nitrogens is 4. The summed E-state index contributed by atoms with van der Waals surface area (Å²) >= 11 is 5.88. The molecule has 0 fully saturated rings. The lowest BCUT2D eigenvalue weighted by molar-refractivity contribution is 0.942. The number of benzene rings is 1. The number of hydrogen-bond acceptors (Lipinski definition) is 3. The molecule has 3 rings (SSSR count). The molecule has 0 aliphatic heterocycles. The highest BCUT2D eigenvalue weighted by Crippen LogP contribution is 2.20. The second kappa shape index (κ2) is 3.82. The third-order valence-electron chi connectivity index (χ3n) is 2.58. The van der Waals surface area contributed by atoms with E-state index < -0.39 is 0 Å². The molecule has 17 heavy (non-hydrogen) atoms. The van der Waals surface area contributed by atoms with Crippen LogP contribution in [0.4, 0.5) is 0 Å². The van der Waals surface area contributed by atoms with Crippen molar-refractivity contribution in [3.8, 4) is 5.82 Å². The lowest BCUT2D eigenvalue weighted by Gasteiger charge is -2.05. The van der Waals surface area contributed by atoms with Gasteiger partial charge in [-0.25, -0.2) is 15.0 Å². The average Bonchev–Trinajstić information content (AvgIpc) is 2.64. The topological polar surface area (TPSA) is 43.6 Å². The summed E-state index contributed by atoms with van der Waals surface area (Å²) in [6.45, 7) is 1.94. The quantitative estimate of drug-likeness (QED) is 0.618. The van der Waals surface area contributed by atoms with Crippen LogP contribution in [0.2, 0.25) is 5.15 Å². The molecule has 0 saturated carbocycles. The van der Waals surface area contributed by atoms with Gasteiger partial charge in [0.25, 0.3) is 0 Å². The maximum Gasteiger partial charge on any atom is 0.143 e. The van der Waals surface area contributed by atoms with Crippen molar-refractivity contribution in [2.24, 2.45) is 0 Å². The molecule has 0 saturated heterocycles. The first-order valence-corrected chi connectivity index (χ1v) is 5.55. The van der Waals surface area contributed by atoms with Crippen LogP contribution in [0.3, 0.4) is 0 Å². The van der Waals surface area contributed by atoms with Crippen molar-refractivity contribution in [3.63, 3.8) is 0 Å². The van der Waals surface area contributed by atoms with Crippen LogP contribution >= 0.6 is 11.6 Å². The smallest absolute Gasteiger partial charge is 0.143 e. The Hall–Kier alpha value is -1.94. The number of rotatable bonds is 1. The fourth-order valence-electron chi connectivity index (χ4n) is 1.88. The van der Waals surface area contributed by atoms with E-state index in [-0.39, 0.29) is 0 Å². The fourth-order valence-corrected chi connectivity index (χ4v) is 2.02. The van der Waals surface area contributed by atoms with Crippen molar-refractivity contribution in [3.05, 3.63) is 47.6 Å². The molecule has 0 radical (unpaired) electrons. The van der Waals surface area contributed by atoms with Crippen LogP contribution in [-0.2, 0) is 0 Å². The molecule has 0 atom stereocenters. The summed E-state index contributed by atoms with van der Waals surface area (Å²) in [5, 5.41) is 0.423. The van der Waals surface area contributed by atoms with Crippen molar-refractivity contribution in [1.29, 1.82) is 0 Å². The van der Waals surface area contributed by atoms with Crippen LogP contribution < -0.4 is 0 Å². The van der Waals surface area contributed by atoms with Gasteiger partial charge in [0.1, 0.15) is 23.1 Å². The van der Waals surface area contributed by atoms with E-state index in [2.05, 4.69) is 15.0 Å². The molecular weight excluding hydrogens is 236 g/mol. The van der Waals surface area contributed by atoms with Crippen molar-refractivity contribution in [2.45, 2.75) is 6.92 Å². The largest absolute Gasteiger partial charge is 0.280 e. The SMILES string of the molecule is Cc1nc2ccccc2n1-c1cc(Cl)ncn1. The summed E-state index contributed by atoms with van der Waals surface area (Å²) in [6.07, 6.45) is 1.45. The van der Waals surface area contributed by atoms with E-state index in [9.17, 15) is 0 Å². The van der Waals surface area contributed by atoms with Crippen LogP contribution in [0.1, 0.15) is 5.82 Å². The third-order valence-corrected chi connectivity index (χ3v) is 2.78. The van der Waals surface area contributed by atoms with Crippen molar-refractivity contribution in [1.82, 2.24) is 19.5 Å². The molecule has 84 valence electrons. The van der Waals surface area contributed by atoms with Gasteiger partial charge in [0, 0.05) is 6.07 Å². The highest BCUT2D eigenvalue weighted by molar-refractivity contribution is 6.29. The molecular formula is C12H9ClN4. The average molecular weight is 245 g/mol. The molecule has 0 bridgehead atoms. The maximum atomic E-state index is 5.88. The minimum absolute atomic E-state index is 0.423. The number of fused-ring (bicyclic) bond motifs is 1. The Bertz CT molecular complexity index is 690. The first kappa shape index (κ1) is 10.2. The molecule has 2 aromatic heterocycles. The minimum atomic E-state index is 0.423. The van der Waals surface area contributed by atoms with Crippen LogP contribution in [-0.4, -0.2) is 19.5 Å². The molecule has 2 heterocycles. The zero-order valence-electron chi connectivity index (χ0n) is 9.13. The Morgan fingerprint density at radius 2 is 2.00 bits per heavy atom. The van der Waals surface area contributed by atoms with Gasteiger partial charge >= 0.3 is 0 Å². The van der Waals surface area contributed by atoms with Crippen molar-refractivity contribution >= 4 is 22.6 Å². The van der Waals surface area contributed by atoms with Crippen molar-refractivity contribution < 1.29 is 0 Å². The second-order valence-electron chi connectivity index (χ2n) is 3.68. The van der Waals surface area contributed by atoms with Gasteiger partial charge in [-0.05, 0) is 19.1 Å². The van der Waals surface area contributed by atoms with E-state index in [1.165, 1.54) is 6.33 Å². The van der Waals surface area contributed by atoms with Gasteiger partial charge in [0.05, 0.1) is 11.0 Å². The third kappa shape index (κ3) is 1.66. The molecule has 0 aliphatic carbocycles.